The van der Waals surface area contributed by atoms with E-state index in [1.807, 2.05) is 0 Å². The summed E-state index contributed by atoms with van der Waals surface area (Å²) >= 11 is 0. The van der Waals surface area contributed by atoms with Crippen molar-refractivity contribution in [1.82, 2.24) is 0 Å². The van der Waals surface area contributed by atoms with E-state index in [2.05, 4.69) is 30.6 Å². The molecule has 1 aliphatic carbocycles. The van der Waals surface area contributed by atoms with Crippen molar-refractivity contribution in [3.8, 4) is 0 Å². The van der Waals surface area contributed by atoms with Crippen LogP contribution in [0.5, 0.6) is 0 Å². The fraction of sp³-hybridized carbons (Fsp3) is 0.750. The molecule has 3 heteroatoms. The fourth-order valence-electron chi connectivity index (χ4n) is 1.58. The molecule has 1 aliphatic rings. The highest BCUT2D eigenvalue weighted by Gasteiger charge is 2.30. The predicted molar refractivity (Wildman–Crippen MR) is 48.2 cm³/mol. The van der Waals surface area contributed by atoms with Gasteiger partial charge in [0, 0.05) is 0 Å². The van der Waals surface area contributed by atoms with E-state index in [4.69, 9.17) is 5.26 Å². The zero-order chi connectivity index (χ0) is 8.48. The molecule has 0 fully saturated rings. The second-order valence-electron chi connectivity index (χ2n) is 4.08. The molecule has 0 spiro atoms. The van der Waals surface area contributed by atoms with Crippen molar-refractivity contribution in [1.29, 1.82) is 0 Å². The molecule has 0 amide bonds. The van der Waals surface area contributed by atoms with Gasteiger partial charge in [0.25, 0.3) is 0 Å². The van der Waals surface area contributed by atoms with Gasteiger partial charge in [-0.25, -0.2) is 4.89 Å². The lowest BCUT2D eigenvalue weighted by Crippen LogP contribution is -2.30. The van der Waals surface area contributed by atoms with E-state index in [9.17, 15) is 0 Å². The van der Waals surface area contributed by atoms with Crippen LogP contribution in [-0.2, 0) is 4.89 Å². The lowest BCUT2D eigenvalue weighted by molar-refractivity contribution is -0.266. The van der Waals surface area contributed by atoms with Gasteiger partial charge < -0.3 is 0 Å². The Kier molecular flexibility index (Phi) is 2.52. The molecule has 0 aromatic heterocycles. The zero-order valence-electron chi connectivity index (χ0n) is 7.42. The summed E-state index contributed by atoms with van der Waals surface area (Å²) in [7, 11) is -1.23. The SMILES string of the molecule is C[Si](C)(C)C1=CCC[C@H]1OO. The van der Waals surface area contributed by atoms with Crippen LogP contribution in [0.25, 0.3) is 0 Å². The Morgan fingerprint density at radius 2 is 2.18 bits per heavy atom. The van der Waals surface area contributed by atoms with Crippen molar-refractivity contribution in [3.05, 3.63) is 11.3 Å². The molecule has 11 heavy (non-hydrogen) atoms. The molecule has 0 saturated heterocycles. The fourth-order valence-corrected chi connectivity index (χ4v) is 3.50. The van der Waals surface area contributed by atoms with Gasteiger partial charge in [0.1, 0.15) is 6.10 Å². The standard InChI is InChI=1S/C8H16O2Si/c1-11(2,3)8-6-4-5-7(8)10-9/h6-7,9H,4-5H2,1-3H3/t7-/m1/s1. The summed E-state index contributed by atoms with van der Waals surface area (Å²) in [6.45, 7) is 6.82. The number of hydrogen-bond acceptors (Lipinski definition) is 2. The van der Waals surface area contributed by atoms with Crippen LogP contribution in [0.15, 0.2) is 11.3 Å². The van der Waals surface area contributed by atoms with E-state index >= 15 is 0 Å². The maximum absolute atomic E-state index is 8.58. The summed E-state index contributed by atoms with van der Waals surface area (Å²) in [5.41, 5.74) is 0. The number of allylic oxidation sites excluding steroid dienone is 1. The van der Waals surface area contributed by atoms with Gasteiger partial charge in [-0.2, -0.15) is 0 Å². The molecule has 1 N–H and O–H groups in total. The van der Waals surface area contributed by atoms with Gasteiger partial charge in [-0.1, -0.05) is 30.9 Å². The smallest absolute Gasteiger partial charge is 0.111 e. The number of hydrogen-bond donors (Lipinski definition) is 1. The Labute approximate surface area is 68.8 Å². The second kappa shape index (κ2) is 3.09. The normalized spacial score (nSPS) is 25.5. The van der Waals surface area contributed by atoms with E-state index in [0.29, 0.717) is 0 Å². The first-order chi connectivity index (χ1) is 5.05. The summed E-state index contributed by atoms with van der Waals surface area (Å²) in [4.78, 5) is 4.42. The van der Waals surface area contributed by atoms with E-state index < -0.39 is 8.07 Å². The molecule has 0 radical (unpaired) electrons. The van der Waals surface area contributed by atoms with Crippen LogP contribution in [0, 0.1) is 0 Å². The van der Waals surface area contributed by atoms with Crippen molar-refractivity contribution >= 4 is 8.07 Å². The van der Waals surface area contributed by atoms with Gasteiger partial charge >= 0.3 is 0 Å². The molecule has 0 bridgehead atoms. The molecule has 0 saturated carbocycles. The van der Waals surface area contributed by atoms with Crippen LogP contribution in [0.4, 0.5) is 0 Å². The summed E-state index contributed by atoms with van der Waals surface area (Å²) in [5, 5.41) is 9.94. The molecule has 1 atom stereocenters. The van der Waals surface area contributed by atoms with Gasteiger partial charge in [-0.3, -0.25) is 5.26 Å². The Hall–Kier alpha value is -0.123. The Balaban J connectivity index is 2.71. The molecule has 0 heterocycles. The van der Waals surface area contributed by atoms with Crippen LogP contribution in [-0.4, -0.2) is 19.4 Å². The van der Waals surface area contributed by atoms with Crippen molar-refractivity contribution in [2.24, 2.45) is 0 Å². The third-order valence-electron chi connectivity index (χ3n) is 2.13. The first-order valence-electron chi connectivity index (χ1n) is 4.06. The molecule has 2 nitrogen and oxygen atoms in total. The van der Waals surface area contributed by atoms with Gasteiger partial charge in [0.05, 0.1) is 8.07 Å². The second-order valence-corrected chi connectivity index (χ2v) is 9.16. The zero-order valence-corrected chi connectivity index (χ0v) is 8.42. The maximum atomic E-state index is 8.58. The third kappa shape index (κ3) is 1.92. The molecule has 1 rings (SSSR count). The van der Waals surface area contributed by atoms with Crippen molar-refractivity contribution < 1.29 is 10.1 Å². The molecule has 64 valence electrons. The van der Waals surface area contributed by atoms with Crippen LogP contribution in [0.1, 0.15) is 12.8 Å². The van der Waals surface area contributed by atoms with Gasteiger partial charge in [0.15, 0.2) is 0 Å². The molecule has 0 aliphatic heterocycles. The lowest BCUT2D eigenvalue weighted by Gasteiger charge is -2.22. The minimum absolute atomic E-state index is 0.00154. The largest absolute Gasteiger partial charge is 0.251 e. The monoisotopic (exact) mass is 172 g/mol. The van der Waals surface area contributed by atoms with E-state index in [-0.39, 0.29) is 6.10 Å². The predicted octanol–water partition coefficient (Wildman–Crippen LogP) is 2.44. The van der Waals surface area contributed by atoms with Crippen LogP contribution < -0.4 is 0 Å². The first kappa shape index (κ1) is 8.97. The third-order valence-corrected chi connectivity index (χ3v) is 4.39. The summed E-state index contributed by atoms with van der Waals surface area (Å²) in [6, 6.07) is 0. The van der Waals surface area contributed by atoms with Crippen molar-refractivity contribution in [3.63, 3.8) is 0 Å². The summed E-state index contributed by atoms with van der Waals surface area (Å²) in [6.07, 6.45) is 4.25. The van der Waals surface area contributed by atoms with E-state index in [1.54, 1.807) is 0 Å². The highest BCUT2D eigenvalue weighted by atomic mass is 28.3. The molecular formula is C8H16O2Si. The Morgan fingerprint density at radius 1 is 1.55 bits per heavy atom. The molecule has 0 unspecified atom stereocenters. The minimum Gasteiger partial charge on any atom is -0.251 e. The van der Waals surface area contributed by atoms with Crippen molar-refractivity contribution in [2.75, 3.05) is 0 Å². The first-order valence-corrected chi connectivity index (χ1v) is 7.56. The maximum Gasteiger partial charge on any atom is 0.111 e. The number of rotatable bonds is 2. The average Bonchev–Trinajstić information content (AvgIpc) is 2.31. The summed E-state index contributed by atoms with van der Waals surface area (Å²) in [5.74, 6) is 0. The highest BCUT2D eigenvalue weighted by Crippen LogP contribution is 2.29. The van der Waals surface area contributed by atoms with Crippen LogP contribution in [0.3, 0.4) is 0 Å². The molecule has 0 aromatic carbocycles. The average molecular weight is 172 g/mol. The summed E-state index contributed by atoms with van der Waals surface area (Å²) < 4.78 is 0. The quantitative estimate of drug-likeness (QED) is 0.394. The molecular weight excluding hydrogens is 156 g/mol. The Morgan fingerprint density at radius 3 is 2.55 bits per heavy atom. The van der Waals surface area contributed by atoms with Gasteiger partial charge in [-0.05, 0) is 12.8 Å². The van der Waals surface area contributed by atoms with Crippen LogP contribution >= 0.6 is 0 Å². The minimum atomic E-state index is -1.23. The Bertz CT molecular complexity index is 169. The van der Waals surface area contributed by atoms with Gasteiger partial charge in [0.2, 0.25) is 0 Å². The lowest BCUT2D eigenvalue weighted by atomic mass is 10.3. The topological polar surface area (TPSA) is 29.5 Å². The van der Waals surface area contributed by atoms with Crippen LogP contribution in [0.2, 0.25) is 19.6 Å². The van der Waals surface area contributed by atoms with E-state index in [0.717, 1.165) is 12.8 Å². The van der Waals surface area contributed by atoms with Crippen molar-refractivity contribution in [2.45, 2.75) is 38.6 Å². The van der Waals surface area contributed by atoms with E-state index in [1.165, 1.54) is 5.20 Å². The molecule has 0 aromatic rings. The highest BCUT2D eigenvalue weighted by molar-refractivity contribution is 6.83. The van der Waals surface area contributed by atoms with Gasteiger partial charge in [-0.15, -0.1) is 0 Å².